The number of hydrogen-bond donors (Lipinski definition) is 1. The van der Waals surface area contributed by atoms with Crippen LogP contribution in [0.25, 0.3) is 0 Å². The molecule has 1 N–H and O–H groups in total. The van der Waals surface area contributed by atoms with Gasteiger partial charge in [-0.1, -0.05) is 78.3 Å². The van der Waals surface area contributed by atoms with E-state index in [2.05, 4.69) is 21.2 Å². The first kappa shape index (κ1) is 31.4. The summed E-state index contributed by atoms with van der Waals surface area (Å²) in [5.41, 5.74) is 4.06. The molecular weight excluding hydrogens is 590 g/mol. The lowest BCUT2D eigenvalue weighted by Crippen LogP contribution is -2.53. The second kappa shape index (κ2) is 13.9. The molecule has 0 heterocycles. The fraction of sp³-hybridized carbons (Fsp3) is 0.355. The number of benzene rings is 3. The van der Waals surface area contributed by atoms with Crippen LogP contribution >= 0.6 is 15.9 Å². The van der Waals surface area contributed by atoms with E-state index in [1.165, 1.54) is 4.90 Å². The smallest absolute Gasteiger partial charge is 0.244 e. The SMILES string of the molecule is Cc1ccc(N(CC(=O)N(Cc2ccc(Br)cc2)[C@@H](Cc2ccccc2)C(=O)NCC(C)C)S(C)(=O)=O)cc1C. The first-order chi connectivity index (χ1) is 18.8. The highest BCUT2D eigenvalue weighted by molar-refractivity contribution is 9.10. The zero-order chi connectivity index (χ0) is 29.4. The maximum Gasteiger partial charge on any atom is 0.244 e. The van der Waals surface area contributed by atoms with Crippen LogP contribution in [0.15, 0.2) is 77.3 Å². The lowest BCUT2D eigenvalue weighted by atomic mass is 10.0. The van der Waals surface area contributed by atoms with Crippen LogP contribution < -0.4 is 9.62 Å². The predicted octanol–water partition coefficient (Wildman–Crippen LogP) is 5.24. The topological polar surface area (TPSA) is 86.8 Å². The van der Waals surface area contributed by atoms with E-state index in [9.17, 15) is 18.0 Å². The minimum absolute atomic E-state index is 0.142. The van der Waals surface area contributed by atoms with Crippen molar-refractivity contribution in [3.8, 4) is 0 Å². The standard InChI is InChI=1S/C31H38BrN3O4S/c1-22(2)19-33-31(37)29(18-25-9-7-6-8-10-25)34(20-26-12-14-27(32)15-13-26)30(36)21-35(40(5,38)39)28-16-11-23(3)24(4)17-28/h6-17,22,29H,18-21H2,1-5H3,(H,33,37)/t29-/m0/s1. The summed E-state index contributed by atoms with van der Waals surface area (Å²) in [6.07, 6.45) is 1.38. The largest absolute Gasteiger partial charge is 0.354 e. The van der Waals surface area contributed by atoms with Gasteiger partial charge in [0.05, 0.1) is 11.9 Å². The maximum atomic E-state index is 14.1. The molecule has 9 heteroatoms. The van der Waals surface area contributed by atoms with Crippen molar-refractivity contribution < 1.29 is 18.0 Å². The highest BCUT2D eigenvalue weighted by Crippen LogP contribution is 2.23. The molecule has 3 aromatic rings. The summed E-state index contributed by atoms with van der Waals surface area (Å²) in [4.78, 5) is 29.2. The zero-order valence-electron chi connectivity index (χ0n) is 23.7. The van der Waals surface area contributed by atoms with E-state index < -0.39 is 28.5 Å². The molecule has 0 aliphatic carbocycles. The third-order valence-corrected chi connectivity index (χ3v) is 8.35. The Labute approximate surface area is 246 Å². The fourth-order valence-corrected chi connectivity index (χ4v) is 5.36. The van der Waals surface area contributed by atoms with E-state index in [-0.39, 0.29) is 24.8 Å². The van der Waals surface area contributed by atoms with Crippen LogP contribution in [0.3, 0.4) is 0 Å². The lowest BCUT2D eigenvalue weighted by molar-refractivity contribution is -0.140. The van der Waals surface area contributed by atoms with Crippen LogP contribution in [-0.2, 0) is 32.6 Å². The van der Waals surface area contributed by atoms with E-state index in [0.717, 1.165) is 37.3 Å². The molecule has 0 radical (unpaired) electrons. The Balaban J connectivity index is 2.05. The molecule has 3 aromatic carbocycles. The predicted molar refractivity (Wildman–Crippen MR) is 165 cm³/mol. The minimum Gasteiger partial charge on any atom is -0.354 e. The number of hydrogen-bond acceptors (Lipinski definition) is 4. The van der Waals surface area contributed by atoms with Crippen molar-refractivity contribution in [3.05, 3.63) is 99.5 Å². The molecule has 0 aromatic heterocycles. The number of nitrogens with one attached hydrogen (secondary N) is 1. The van der Waals surface area contributed by atoms with Gasteiger partial charge in [0.25, 0.3) is 0 Å². The minimum atomic E-state index is -3.80. The average molecular weight is 629 g/mol. The summed E-state index contributed by atoms with van der Waals surface area (Å²) in [6, 6.07) is 21.5. The van der Waals surface area contributed by atoms with Crippen molar-refractivity contribution in [2.45, 2.75) is 46.7 Å². The van der Waals surface area contributed by atoms with Gasteiger partial charge >= 0.3 is 0 Å². The molecule has 0 saturated carbocycles. The van der Waals surface area contributed by atoms with Crippen LogP contribution in [0, 0.1) is 19.8 Å². The molecule has 1 atom stereocenters. The van der Waals surface area contributed by atoms with Gasteiger partial charge in [-0.2, -0.15) is 0 Å². The van der Waals surface area contributed by atoms with E-state index in [4.69, 9.17) is 0 Å². The molecule has 214 valence electrons. The van der Waals surface area contributed by atoms with E-state index in [1.807, 2.05) is 88.4 Å². The van der Waals surface area contributed by atoms with Crippen LogP contribution in [0.2, 0.25) is 0 Å². The van der Waals surface area contributed by atoms with Crippen molar-refractivity contribution in [2.24, 2.45) is 5.92 Å². The number of carbonyl (C=O) groups excluding carboxylic acids is 2. The third kappa shape index (κ3) is 8.93. The van der Waals surface area contributed by atoms with Gasteiger partial charge in [-0.3, -0.25) is 13.9 Å². The molecule has 3 rings (SSSR count). The number of aryl methyl sites for hydroxylation is 2. The Morgan fingerprint density at radius 2 is 1.55 bits per heavy atom. The number of amides is 2. The number of carbonyl (C=O) groups is 2. The van der Waals surface area contributed by atoms with Crippen molar-refractivity contribution in [2.75, 3.05) is 23.7 Å². The fourth-order valence-electron chi connectivity index (χ4n) is 4.26. The molecular formula is C31H38BrN3O4S. The summed E-state index contributed by atoms with van der Waals surface area (Å²) < 4.78 is 27.9. The number of anilines is 1. The maximum absolute atomic E-state index is 14.1. The number of halogens is 1. The van der Waals surface area contributed by atoms with E-state index in [1.54, 1.807) is 12.1 Å². The van der Waals surface area contributed by atoms with Gasteiger partial charge < -0.3 is 10.2 Å². The lowest BCUT2D eigenvalue weighted by Gasteiger charge is -2.33. The highest BCUT2D eigenvalue weighted by Gasteiger charge is 2.33. The van der Waals surface area contributed by atoms with Crippen LogP contribution in [0.1, 0.15) is 36.1 Å². The molecule has 0 unspecified atom stereocenters. The van der Waals surface area contributed by atoms with Crippen molar-refractivity contribution >= 4 is 43.5 Å². The molecule has 40 heavy (non-hydrogen) atoms. The van der Waals surface area contributed by atoms with Crippen LogP contribution in [0.5, 0.6) is 0 Å². The summed E-state index contributed by atoms with van der Waals surface area (Å²) in [5.74, 6) is -0.519. The second-order valence-electron chi connectivity index (χ2n) is 10.5. The Bertz CT molecular complexity index is 1410. The van der Waals surface area contributed by atoms with Crippen molar-refractivity contribution in [1.82, 2.24) is 10.2 Å². The molecule has 0 bridgehead atoms. The number of rotatable bonds is 12. The van der Waals surface area contributed by atoms with Gasteiger partial charge in [0.1, 0.15) is 12.6 Å². The Morgan fingerprint density at radius 3 is 2.12 bits per heavy atom. The highest BCUT2D eigenvalue weighted by atomic mass is 79.9. The summed E-state index contributed by atoms with van der Waals surface area (Å²) in [6.45, 7) is 8.02. The Kier molecular flexibility index (Phi) is 10.9. The first-order valence-electron chi connectivity index (χ1n) is 13.3. The van der Waals surface area contributed by atoms with Gasteiger partial charge in [0.2, 0.25) is 21.8 Å². The molecule has 0 spiro atoms. The van der Waals surface area contributed by atoms with Gasteiger partial charge in [-0.25, -0.2) is 8.42 Å². The summed E-state index contributed by atoms with van der Waals surface area (Å²) >= 11 is 3.44. The Morgan fingerprint density at radius 1 is 0.900 bits per heavy atom. The van der Waals surface area contributed by atoms with Gasteiger partial charge in [-0.15, -0.1) is 0 Å². The normalized spacial score (nSPS) is 12.2. The number of nitrogens with zero attached hydrogens (tertiary/aromatic N) is 2. The average Bonchev–Trinajstić information content (AvgIpc) is 2.90. The van der Waals surface area contributed by atoms with Gasteiger partial charge in [-0.05, 0) is 66.3 Å². The van der Waals surface area contributed by atoms with Gasteiger partial charge in [0.15, 0.2) is 0 Å². The van der Waals surface area contributed by atoms with Crippen molar-refractivity contribution in [3.63, 3.8) is 0 Å². The summed E-state index contributed by atoms with van der Waals surface area (Å²) in [7, 11) is -3.80. The summed E-state index contributed by atoms with van der Waals surface area (Å²) in [5, 5.41) is 2.99. The van der Waals surface area contributed by atoms with Crippen molar-refractivity contribution in [1.29, 1.82) is 0 Å². The van der Waals surface area contributed by atoms with E-state index in [0.29, 0.717) is 12.2 Å². The molecule has 7 nitrogen and oxygen atoms in total. The monoisotopic (exact) mass is 627 g/mol. The zero-order valence-corrected chi connectivity index (χ0v) is 26.1. The van der Waals surface area contributed by atoms with E-state index >= 15 is 0 Å². The quantitative estimate of drug-likeness (QED) is 0.297. The molecule has 0 aliphatic rings. The van der Waals surface area contributed by atoms with Gasteiger partial charge in [0, 0.05) is 24.0 Å². The third-order valence-electron chi connectivity index (χ3n) is 6.68. The molecule has 2 amide bonds. The second-order valence-corrected chi connectivity index (χ2v) is 13.4. The molecule has 0 fully saturated rings. The van der Waals surface area contributed by atoms with Crippen LogP contribution in [0.4, 0.5) is 5.69 Å². The molecule has 0 aliphatic heterocycles. The Hall–Kier alpha value is -3.17. The number of sulfonamides is 1. The van der Waals surface area contributed by atoms with Crippen LogP contribution in [-0.4, -0.2) is 50.5 Å². The molecule has 0 saturated heterocycles. The first-order valence-corrected chi connectivity index (χ1v) is 15.9.